The van der Waals surface area contributed by atoms with Gasteiger partial charge in [-0.1, -0.05) is 24.3 Å². The summed E-state index contributed by atoms with van der Waals surface area (Å²) in [6.07, 6.45) is -7.67. The Labute approximate surface area is 226 Å². The van der Waals surface area contributed by atoms with E-state index in [-0.39, 0.29) is 11.2 Å². The lowest BCUT2D eigenvalue weighted by Gasteiger charge is -2.21. The smallest absolute Gasteiger partial charge is 0.423 e. The molecule has 14 heteroatoms. The van der Waals surface area contributed by atoms with Crippen molar-refractivity contribution in [2.75, 3.05) is 38.1 Å². The molecular weight excluding hydrogens is 543 g/mol. The molecule has 7 nitrogen and oxygen atoms in total. The number of hydrogen-bond donors (Lipinski definition) is 2. The van der Waals surface area contributed by atoms with Crippen LogP contribution in [0, 0.1) is 11.8 Å². The van der Waals surface area contributed by atoms with E-state index in [4.69, 9.17) is 10.0 Å². The third-order valence-electron chi connectivity index (χ3n) is 6.54. The fourth-order valence-electron chi connectivity index (χ4n) is 4.91. The van der Waals surface area contributed by atoms with Gasteiger partial charge in [0.05, 0.1) is 17.6 Å². The van der Waals surface area contributed by atoms with Crippen LogP contribution in [-0.2, 0) is 0 Å². The number of fused-ring (bicyclic) bond motifs is 1. The lowest BCUT2D eigenvalue weighted by Crippen LogP contribution is -2.30. The molecule has 2 saturated heterocycles. The number of pyridine rings is 1. The molecule has 3 aromatic rings. The normalized spacial score (nSPS) is 19.1. The Balaban J connectivity index is 0.000000224. The number of nitrogens with zero attached hydrogens (tertiary/aromatic N) is 3. The summed E-state index contributed by atoms with van der Waals surface area (Å²) < 4.78 is 79.9. The van der Waals surface area contributed by atoms with E-state index < -0.39 is 25.6 Å². The summed E-state index contributed by atoms with van der Waals surface area (Å²) in [5.41, 5.74) is 2.22. The highest BCUT2D eigenvalue weighted by Gasteiger charge is 2.38. The Hall–Kier alpha value is -3.49. The number of benzene rings is 2. The highest BCUT2D eigenvalue weighted by molar-refractivity contribution is 6.58. The van der Waals surface area contributed by atoms with Crippen LogP contribution < -0.4 is 19.8 Å². The van der Waals surface area contributed by atoms with Gasteiger partial charge in [-0.15, -0.1) is 26.3 Å². The molecule has 2 aliphatic heterocycles. The number of aromatic nitrogens is 1. The molecule has 0 bridgehead atoms. The Morgan fingerprint density at radius 2 is 1.38 bits per heavy atom. The van der Waals surface area contributed by atoms with Crippen molar-refractivity contribution in [2.45, 2.75) is 12.7 Å². The number of anilines is 1. The summed E-state index contributed by atoms with van der Waals surface area (Å²) >= 11 is 0. The fraction of sp³-hybridized carbons (Fsp3) is 0.346. The lowest BCUT2D eigenvalue weighted by atomic mass is 9.80. The van der Waals surface area contributed by atoms with Gasteiger partial charge >= 0.3 is 19.8 Å². The Bertz CT molecular complexity index is 1260. The second-order valence-electron chi connectivity index (χ2n) is 9.62. The van der Waals surface area contributed by atoms with Crippen molar-refractivity contribution in [2.24, 2.45) is 11.8 Å². The molecular formula is C26H26BF6N3O4. The van der Waals surface area contributed by atoms with Crippen molar-refractivity contribution in [3.63, 3.8) is 0 Å². The van der Waals surface area contributed by atoms with E-state index in [1.807, 2.05) is 12.1 Å². The number of rotatable bonds is 5. The molecule has 2 N–H and O–H groups in total. The van der Waals surface area contributed by atoms with Gasteiger partial charge < -0.3 is 29.3 Å². The van der Waals surface area contributed by atoms with Crippen molar-refractivity contribution in [3.8, 4) is 22.8 Å². The molecule has 2 unspecified atom stereocenters. The number of ether oxygens (including phenoxy) is 2. The van der Waals surface area contributed by atoms with Gasteiger partial charge in [-0.05, 0) is 60.7 Å². The predicted molar refractivity (Wildman–Crippen MR) is 136 cm³/mol. The van der Waals surface area contributed by atoms with Crippen molar-refractivity contribution < 1.29 is 45.9 Å². The van der Waals surface area contributed by atoms with Crippen LogP contribution in [0.15, 0.2) is 66.9 Å². The van der Waals surface area contributed by atoms with Gasteiger partial charge in [0.2, 0.25) is 0 Å². The minimum Gasteiger partial charge on any atom is -0.423 e. The summed E-state index contributed by atoms with van der Waals surface area (Å²) in [7, 11) is 0.349. The molecule has 40 heavy (non-hydrogen) atoms. The molecule has 2 aliphatic rings. The van der Waals surface area contributed by atoms with Crippen LogP contribution in [0.3, 0.4) is 0 Å². The van der Waals surface area contributed by atoms with E-state index in [1.165, 1.54) is 30.3 Å². The molecule has 214 valence electrons. The Morgan fingerprint density at radius 1 is 0.800 bits per heavy atom. The zero-order chi connectivity index (χ0) is 29.1. The largest absolute Gasteiger partial charge is 0.573 e. The minimum absolute atomic E-state index is 0.0632. The van der Waals surface area contributed by atoms with E-state index in [0.717, 1.165) is 44.0 Å². The quantitative estimate of drug-likeness (QED) is 0.357. The molecule has 0 aliphatic carbocycles. The van der Waals surface area contributed by atoms with Crippen LogP contribution in [0.1, 0.15) is 0 Å². The maximum Gasteiger partial charge on any atom is 0.573 e. The highest BCUT2D eigenvalue weighted by Crippen LogP contribution is 2.34. The average molecular weight is 569 g/mol. The first-order valence-corrected chi connectivity index (χ1v) is 12.2. The van der Waals surface area contributed by atoms with Crippen LogP contribution in [0.2, 0.25) is 0 Å². The van der Waals surface area contributed by atoms with E-state index in [9.17, 15) is 26.3 Å². The molecule has 0 spiro atoms. The topological polar surface area (TPSA) is 78.3 Å². The number of alkyl halides is 6. The van der Waals surface area contributed by atoms with E-state index in [2.05, 4.69) is 31.3 Å². The lowest BCUT2D eigenvalue weighted by molar-refractivity contribution is -0.275. The Morgan fingerprint density at radius 3 is 1.90 bits per heavy atom. The van der Waals surface area contributed by atoms with Crippen LogP contribution in [0.5, 0.6) is 11.5 Å². The van der Waals surface area contributed by atoms with Gasteiger partial charge in [-0.3, -0.25) is 4.98 Å². The molecule has 0 saturated carbocycles. The first kappa shape index (κ1) is 29.5. The van der Waals surface area contributed by atoms with Gasteiger partial charge in [0.25, 0.3) is 0 Å². The first-order valence-electron chi connectivity index (χ1n) is 12.2. The monoisotopic (exact) mass is 569 g/mol. The van der Waals surface area contributed by atoms with Gasteiger partial charge in [-0.25, -0.2) is 0 Å². The van der Waals surface area contributed by atoms with Crippen molar-refractivity contribution in [1.82, 2.24) is 9.88 Å². The predicted octanol–water partition coefficient (Wildman–Crippen LogP) is 3.91. The van der Waals surface area contributed by atoms with Crippen LogP contribution in [0.25, 0.3) is 11.3 Å². The maximum atomic E-state index is 12.4. The van der Waals surface area contributed by atoms with Gasteiger partial charge in [0.1, 0.15) is 11.5 Å². The third kappa shape index (κ3) is 8.26. The first-order chi connectivity index (χ1) is 18.8. The summed E-state index contributed by atoms with van der Waals surface area (Å²) in [6, 6.07) is 14.2. The van der Waals surface area contributed by atoms with Crippen molar-refractivity contribution >= 4 is 18.3 Å². The summed E-state index contributed by atoms with van der Waals surface area (Å²) in [5.74, 6) is 0.687. The minimum atomic E-state index is -4.78. The van der Waals surface area contributed by atoms with E-state index in [0.29, 0.717) is 23.1 Å². The average Bonchev–Trinajstić information content (AvgIpc) is 3.40. The number of halogens is 6. The van der Waals surface area contributed by atoms with Crippen LogP contribution >= 0.6 is 0 Å². The van der Waals surface area contributed by atoms with Gasteiger partial charge in [0.15, 0.2) is 0 Å². The molecule has 2 fully saturated rings. The molecule has 2 atom stereocenters. The van der Waals surface area contributed by atoms with Gasteiger partial charge in [-0.2, -0.15) is 0 Å². The van der Waals surface area contributed by atoms with E-state index >= 15 is 0 Å². The highest BCUT2D eigenvalue weighted by atomic mass is 19.4. The zero-order valence-electron chi connectivity index (χ0n) is 21.2. The molecule has 3 heterocycles. The molecule has 1 aromatic heterocycles. The molecule has 0 amide bonds. The zero-order valence-corrected chi connectivity index (χ0v) is 21.2. The maximum absolute atomic E-state index is 12.4. The third-order valence-corrected chi connectivity index (χ3v) is 6.54. The molecule has 5 rings (SSSR count). The molecule has 2 aromatic carbocycles. The summed E-state index contributed by atoms with van der Waals surface area (Å²) in [6.45, 7) is 4.34. The van der Waals surface area contributed by atoms with Crippen LogP contribution in [-0.4, -0.2) is 73.0 Å². The number of likely N-dealkylation sites (tertiary alicyclic amines) is 1. The van der Waals surface area contributed by atoms with Gasteiger partial charge in [0, 0.05) is 31.7 Å². The summed E-state index contributed by atoms with van der Waals surface area (Å²) in [4.78, 5) is 9.18. The number of hydrogen-bond acceptors (Lipinski definition) is 7. The SMILES string of the molecule is CN1CC2CN(c3ccc(-c4cccc(OC(F)(F)F)c4)nc3)CC2C1.OB(O)c1cccc(OC(F)(F)F)c1. The second kappa shape index (κ2) is 11.9. The Kier molecular flexibility index (Phi) is 8.81. The standard InChI is InChI=1S/C19H20F3N3O.C7H6BF3O3/c1-24-9-14-11-25(12-15(14)10-24)16-5-6-18(23-8-16)13-3-2-4-17(7-13)26-19(20,21)22;9-7(10,11)14-6-3-1-2-5(4-6)8(12)13/h2-8,14-15H,9-12H2,1H3;1-4,12-13H. The molecule has 0 radical (unpaired) electrons. The second-order valence-corrected chi connectivity index (χ2v) is 9.62. The summed E-state index contributed by atoms with van der Waals surface area (Å²) in [5, 5.41) is 17.3. The van der Waals surface area contributed by atoms with Crippen molar-refractivity contribution in [1.29, 1.82) is 0 Å². The van der Waals surface area contributed by atoms with Crippen molar-refractivity contribution in [3.05, 3.63) is 66.9 Å². The van der Waals surface area contributed by atoms with Crippen LogP contribution in [0.4, 0.5) is 32.0 Å². The fourth-order valence-corrected chi connectivity index (χ4v) is 4.91. The van der Waals surface area contributed by atoms with E-state index in [1.54, 1.807) is 12.3 Å².